The summed E-state index contributed by atoms with van der Waals surface area (Å²) in [6.45, 7) is 6.70. The van der Waals surface area contributed by atoms with Gasteiger partial charge in [0.05, 0.1) is 13.7 Å². The first-order valence-corrected chi connectivity index (χ1v) is 10.1. The third-order valence-corrected chi connectivity index (χ3v) is 4.24. The van der Waals surface area contributed by atoms with Crippen molar-refractivity contribution in [2.24, 2.45) is 0 Å². The number of carboxylic acid groups (broad SMARTS) is 1. The number of carboxylic acids is 1. The third kappa shape index (κ3) is 9.37. The number of hydrogen-bond acceptors (Lipinski definition) is 5. The number of methoxy groups -OCH3 is 1. The standard InChI is InChI=1S/C12H23NO6Si/c1-18-10(14)6-5-9(11(15)16)13-12(17)19-7-8-20(2,3)4/h9H,5-8H2,1-4H3,(H,13,17)(H,15,16)/t9-/m1/s1. The van der Waals surface area contributed by atoms with E-state index in [2.05, 4.69) is 29.7 Å². The molecule has 7 nitrogen and oxygen atoms in total. The van der Waals surface area contributed by atoms with E-state index in [0.29, 0.717) is 0 Å². The number of carbonyl (C=O) groups excluding carboxylic acids is 2. The van der Waals surface area contributed by atoms with E-state index in [4.69, 9.17) is 9.84 Å². The molecule has 20 heavy (non-hydrogen) atoms. The molecule has 0 aromatic heterocycles. The lowest BCUT2D eigenvalue weighted by atomic mass is 10.1. The first-order chi connectivity index (χ1) is 9.15. The summed E-state index contributed by atoms with van der Waals surface area (Å²) in [6, 6.07) is -0.353. The van der Waals surface area contributed by atoms with Crippen LogP contribution >= 0.6 is 0 Å². The molecule has 0 saturated heterocycles. The summed E-state index contributed by atoms with van der Waals surface area (Å²) in [5.74, 6) is -1.74. The molecule has 0 bridgehead atoms. The van der Waals surface area contributed by atoms with Crippen LogP contribution in [-0.4, -0.2) is 51.0 Å². The van der Waals surface area contributed by atoms with Gasteiger partial charge in [0.1, 0.15) is 6.04 Å². The van der Waals surface area contributed by atoms with Crippen molar-refractivity contribution < 1.29 is 29.0 Å². The Morgan fingerprint density at radius 1 is 1.25 bits per heavy atom. The van der Waals surface area contributed by atoms with Crippen molar-refractivity contribution >= 4 is 26.1 Å². The number of alkyl carbamates (subject to hydrolysis) is 1. The van der Waals surface area contributed by atoms with Gasteiger partial charge in [0.2, 0.25) is 0 Å². The highest BCUT2D eigenvalue weighted by Gasteiger charge is 2.22. The number of carbonyl (C=O) groups is 3. The van der Waals surface area contributed by atoms with Gasteiger partial charge in [0, 0.05) is 14.5 Å². The molecule has 0 unspecified atom stereocenters. The molecule has 0 saturated carbocycles. The van der Waals surface area contributed by atoms with Gasteiger partial charge >= 0.3 is 18.0 Å². The Hall–Kier alpha value is -1.57. The Labute approximate surface area is 119 Å². The predicted octanol–water partition coefficient (Wildman–Crippen LogP) is 1.46. The van der Waals surface area contributed by atoms with Gasteiger partial charge in [-0.05, 0) is 12.5 Å². The number of ether oxygens (including phenoxy) is 2. The third-order valence-electron chi connectivity index (χ3n) is 2.54. The molecule has 0 fully saturated rings. The molecule has 2 N–H and O–H groups in total. The van der Waals surface area contributed by atoms with Gasteiger partial charge in [-0.2, -0.15) is 0 Å². The summed E-state index contributed by atoms with van der Waals surface area (Å²) in [5.41, 5.74) is 0. The lowest BCUT2D eigenvalue weighted by Gasteiger charge is -2.17. The van der Waals surface area contributed by atoms with Crippen molar-refractivity contribution in [2.75, 3.05) is 13.7 Å². The molecule has 0 rings (SSSR count). The van der Waals surface area contributed by atoms with Crippen LogP contribution in [0.3, 0.4) is 0 Å². The summed E-state index contributed by atoms with van der Waals surface area (Å²) >= 11 is 0. The molecule has 0 aliphatic rings. The normalized spacial score (nSPS) is 12.4. The number of rotatable bonds is 8. The van der Waals surface area contributed by atoms with Gasteiger partial charge in [0.15, 0.2) is 0 Å². The molecule has 8 heteroatoms. The van der Waals surface area contributed by atoms with E-state index in [1.54, 1.807) is 0 Å². The molecule has 0 aromatic rings. The maximum absolute atomic E-state index is 11.5. The fourth-order valence-electron chi connectivity index (χ4n) is 1.26. The van der Waals surface area contributed by atoms with E-state index in [1.165, 1.54) is 7.11 Å². The molecule has 0 aliphatic heterocycles. The molecular weight excluding hydrogens is 282 g/mol. The van der Waals surface area contributed by atoms with Crippen molar-refractivity contribution in [1.82, 2.24) is 5.32 Å². The van der Waals surface area contributed by atoms with Gasteiger partial charge in [0.25, 0.3) is 0 Å². The zero-order valence-corrected chi connectivity index (χ0v) is 13.4. The maximum Gasteiger partial charge on any atom is 0.407 e. The van der Waals surface area contributed by atoms with Crippen molar-refractivity contribution in [3.8, 4) is 0 Å². The van der Waals surface area contributed by atoms with Crippen LogP contribution in [0.5, 0.6) is 0 Å². The van der Waals surface area contributed by atoms with E-state index < -0.39 is 32.1 Å². The summed E-state index contributed by atoms with van der Waals surface area (Å²) in [4.78, 5) is 33.4. The number of amides is 1. The average Bonchev–Trinajstić information content (AvgIpc) is 2.31. The molecule has 1 atom stereocenters. The van der Waals surface area contributed by atoms with Crippen LogP contribution in [0.15, 0.2) is 0 Å². The number of hydrogen-bond donors (Lipinski definition) is 2. The summed E-state index contributed by atoms with van der Waals surface area (Å²) in [6.07, 6.45) is -0.895. The molecular formula is C12H23NO6Si. The Morgan fingerprint density at radius 2 is 1.85 bits per heavy atom. The molecule has 116 valence electrons. The van der Waals surface area contributed by atoms with Crippen molar-refractivity contribution in [3.05, 3.63) is 0 Å². The summed E-state index contributed by atoms with van der Waals surface area (Å²) in [7, 11) is -0.0849. The average molecular weight is 305 g/mol. The second kappa shape index (κ2) is 8.57. The van der Waals surface area contributed by atoms with E-state index >= 15 is 0 Å². The minimum absolute atomic E-state index is 0.0366. The molecule has 0 radical (unpaired) electrons. The molecule has 1 amide bonds. The molecule has 0 heterocycles. The summed E-state index contributed by atoms with van der Waals surface area (Å²) in [5, 5.41) is 11.2. The highest BCUT2D eigenvalue weighted by atomic mass is 28.3. The lowest BCUT2D eigenvalue weighted by Crippen LogP contribution is -2.41. The van der Waals surface area contributed by atoms with Crippen LogP contribution < -0.4 is 5.32 Å². The summed E-state index contributed by atoms with van der Waals surface area (Å²) < 4.78 is 9.35. The lowest BCUT2D eigenvalue weighted by molar-refractivity contribution is -0.142. The van der Waals surface area contributed by atoms with E-state index in [-0.39, 0.29) is 19.4 Å². The van der Waals surface area contributed by atoms with E-state index in [1.807, 2.05) is 0 Å². The van der Waals surface area contributed by atoms with Gasteiger partial charge in [-0.1, -0.05) is 19.6 Å². The van der Waals surface area contributed by atoms with Crippen molar-refractivity contribution in [1.29, 1.82) is 0 Å². The fourth-order valence-corrected chi connectivity index (χ4v) is 1.97. The van der Waals surface area contributed by atoms with Gasteiger partial charge < -0.3 is 19.9 Å². The van der Waals surface area contributed by atoms with Crippen LogP contribution in [0.1, 0.15) is 12.8 Å². The Bertz CT molecular complexity index is 352. The highest BCUT2D eigenvalue weighted by molar-refractivity contribution is 6.76. The van der Waals surface area contributed by atoms with E-state index in [0.717, 1.165) is 6.04 Å². The minimum Gasteiger partial charge on any atom is -0.480 e. The predicted molar refractivity (Wildman–Crippen MR) is 75.3 cm³/mol. The van der Waals surface area contributed by atoms with E-state index in [9.17, 15) is 14.4 Å². The largest absolute Gasteiger partial charge is 0.480 e. The van der Waals surface area contributed by atoms with Crippen LogP contribution in [0, 0.1) is 0 Å². The first kappa shape index (κ1) is 18.4. The number of aliphatic carboxylic acids is 1. The fraction of sp³-hybridized carbons (Fsp3) is 0.750. The Kier molecular flexibility index (Phi) is 7.89. The van der Waals surface area contributed by atoms with Crippen LogP contribution in [-0.2, 0) is 19.1 Å². The van der Waals surface area contributed by atoms with Crippen molar-refractivity contribution in [3.63, 3.8) is 0 Å². The smallest absolute Gasteiger partial charge is 0.407 e. The number of nitrogens with one attached hydrogen (secondary N) is 1. The molecule has 0 aliphatic carbocycles. The SMILES string of the molecule is COC(=O)CC[C@@H](NC(=O)OCC[Si](C)(C)C)C(=O)O. The molecule has 0 aromatic carbocycles. The van der Waals surface area contributed by atoms with Gasteiger partial charge in [-0.15, -0.1) is 0 Å². The van der Waals surface area contributed by atoms with Crippen LogP contribution in [0.25, 0.3) is 0 Å². The monoisotopic (exact) mass is 305 g/mol. The van der Waals surface area contributed by atoms with Crippen LogP contribution in [0.4, 0.5) is 4.79 Å². The zero-order valence-electron chi connectivity index (χ0n) is 12.4. The molecule has 0 spiro atoms. The first-order valence-electron chi connectivity index (χ1n) is 6.38. The quantitative estimate of drug-likeness (QED) is 0.520. The zero-order chi connectivity index (χ0) is 15.8. The number of esters is 1. The van der Waals surface area contributed by atoms with Gasteiger partial charge in [-0.3, -0.25) is 4.79 Å². The van der Waals surface area contributed by atoms with Gasteiger partial charge in [-0.25, -0.2) is 9.59 Å². The maximum atomic E-state index is 11.5. The minimum atomic E-state index is -1.30. The topological polar surface area (TPSA) is 102 Å². The second-order valence-electron chi connectivity index (χ2n) is 5.60. The Morgan fingerprint density at radius 3 is 2.30 bits per heavy atom. The Balaban J connectivity index is 4.15. The second-order valence-corrected chi connectivity index (χ2v) is 11.2. The van der Waals surface area contributed by atoms with Crippen LogP contribution in [0.2, 0.25) is 25.7 Å². The van der Waals surface area contributed by atoms with Crippen molar-refractivity contribution in [2.45, 2.75) is 44.6 Å². The highest BCUT2D eigenvalue weighted by Crippen LogP contribution is 2.07.